The van der Waals surface area contributed by atoms with Crippen LogP contribution in [-0.4, -0.2) is 23.8 Å². The lowest BCUT2D eigenvalue weighted by Crippen LogP contribution is -2.47. The molecule has 0 saturated heterocycles. The minimum Gasteiger partial charge on any atom is -0.312 e. The molecule has 0 radical (unpaired) electrons. The Morgan fingerprint density at radius 2 is 1.89 bits per heavy atom. The van der Waals surface area contributed by atoms with Crippen molar-refractivity contribution in [3.8, 4) is 11.1 Å². The molecule has 0 bridgehead atoms. The maximum Gasteiger partial charge on any atom is 0.348 e. The normalized spacial score (nSPS) is 10.5. The zero-order chi connectivity index (χ0) is 14.2. The SMILES string of the molecule is CN(C)n1c(=O)[nH]c(Cl)c(-c2ccccc2F)c1=O. The van der Waals surface area contributed by atoms with E-state index in [9.17, 15) is 14.0 Å². The molecule has 1 aromatic carbocycles. The Morgan fingerprint density at radius 3 is 2.47 bits per heavy atom. The number of nitrogens with one attached hydrogen (secondary N) is 1. The van der Waals surface area contributed by atoms with Crippen molar-refractivity contribution in [3.05, 3.63) is 56.1 Å². The number of aromatic nitrogens is 2. The molecular formula is C12H11ClFN3O2. The number of nitrogens with zero attached hydrogens (tertiary/aromatic N) is 2. The van der Waals surface area contributed by atoms with Gasteiger partial charge in [0.25, 0.3) is 5.56 Å². The van der Waals surface area contributed by atoms with Gasteiger partial charge in [0.15, 0.2) is 0 Å². The summed E-state index contributed by atoms with van der Waals surface area (Å²) in [4.78, 5) is 26.2. The van der Waals surface area contributed by atoms with E-state index in [2.05, 4.69) is 4.98 Å². The summed E-state index contributed by atoms with van der Waals surface area (Å²) in [7, 11) is 3.05. The maximum absolute atomic E-state index is 13.8. The summed E-state index contributed by atoms with van der Waals surface area (Å²) < 4.78 is 14.6. The van der Waals surface area contributed by atoms with E-state index in [4.69, 9.17) is 11.6 Å². The van der Waals surface area contributed by atoms with Gasteiger partial charge in [-0.3, -0.25) is 9.78 Å². The molecule has 1 heterocycles. The monoisotopic (exact) mass is 283 g/mol. The van der Waals surface area contributed by atoms with Crippen LogP contribution in [0.5, 0.6) is 0 Å². The Hall–Kier alpha value is -2.08. The standard InChI is InChI=1S/C12H11ClFN3O2/c1-16(2)17-11(18)9(10(13)15-12(17)19)7-5-3-4-6-8(7)14/h3-6H,1-2H3,(H,15,19). The van der Waals surface area contributed by atoms with E-state index >= 15 is 0 Å². The molecule has 7 heteroatoms. The van der Waals surface area contributed by atoms with Crippen molar-refractivity contribution in [2.45, 2.75) is 0 Å². The third-order valence-corrected chi connectivity index (χ3v) is 2.86. The second kappa shape index (κ2) is 4.89. The van der Waals surface area contributed by atoms with Crippen LogP contribution in [0.25, 0.3) is 11.1 Å². The highest BCUT2D eigenvalue weighted by molar-refractivity contribution is 6.32. The number of H-pyrrole nitrogens is 1. The van der Waals surface area contributed by atoms with E-state index in [-0.39, 0.29) is 16.3 Å². The number of hydrogen-bond acceptors (Lipinski definition) is 3. The van der Waals surface area contributed by atoms with E-state index in [1.807, 2.05) is 0 Å². The van der Waals surface area contributed by atoms with Gasteiger partial charge in [-0.2, -0.15) is 4.68 Å². The fraction of sp³-hybridized carbons (Fsp3) is 0.167. The largest absolute Gasteiger partial charge is 0.348 e. The van der Waals surface area contributed by atoms with Gasteiger partial charge in [0, 0.05) is 19.7 Å². The van der Waals surface area contributed by atoms with Crippen LogP contribution >= 0.6 is 11.6 Å². The predicted octanol–water partition coefficient (Wildman–Crippen LogP) is 1.19. The van der Waals surface area contributed by atoms with Crippen LogP contribution in [0.2, 0.25) is 5.15 Å². The average Bonchev–Trinajstić information content (AvgIpc) is 2.30. The molecule has 0 aliphatic rings. The van der Waals surface area contributed by atoms with Crippen molar-refractivity contribution in [1.29, 1.82) is 0 Å². The number of hydrogen-bond donors (Lipinski definition) is 1. The van der Waals surface area contributed by atoms with Gasteiger partial charge in [0.05, 0.1) is 5.56 Å². The van der Waals surface area contributed by atoms with Crippen LogP contribution in [0.15, 0.2) is 33.9 Å². The average molecular weight is 284 g/mol. The first-order valence-electron chi connectivity index (χ1n) is 5.41. The number of aromatic amines is 1. The molecule has 2 rings (SSSR count). The van der Waals surface area contributed by atoms with Gasteiger partial charge >= 0.3 is 5.69 Å². The molecule has 0 aliphatic heterocycles. The van der Waals surface area contributed by atoms with E-state index in [1.165, 1.54) is 37.3 Å². The molecule has 19 heavy (non-hydrogen) atoms. The van der Waals surface area contributed by atoms with Crippen LogP contribution < -0.4 is 16.3 Å². The van der Waals surface area contributed by atoms with Gasteiger partial charge in [-0.05, 0) is 6.07 Å². The highest BCUT2D eigenvalue weighted by atomic mass is 35.5. The smallest absolute Gasteiger partial charge is 0.312 e. The second-order valence-electron chi connectivity index (χ2n) is 4.06. The van der Waals surface area contributed by atoms with Crippen LogP contribution in [-0.2, 0) is 0 Å². The lowest BCUT2D eigenvalue weighted by Gasteiger charge is -2.16. The number of benzene rings is 1. The topological polar surface area (TPSA) is 58.1 Å². The van der Waals surface area contributed by atoms with Gasteiger partial charge in [-0.1, -0.05) is 29.8 Å². The minimum atomic E-state index is -0.680. The van der Waals surface area contributed by atoms with Gasteiger partial charge in [0.2, 0.25) is 0 Å². The number of rotatable bonds is 2. The first-order chi connectivity index (χ1) is 8.93. The Labute approximate surface area is 112 Å². The van der Waals surface area contributed by atoms with E-state index in [0.29, 0.717) is 0 Å². The van der Waals surface area contributed by atoms with Gasteiger partial charge in [0.1, 0.15) is 11.0 Å². The fourth-order valence-corrected chi connectivity index (χ4v) is 2.03. The molecule has 1 aromatic heterocycles. The molecule has 1 N–H and O–H groups in total. The first-order valence-corrected chi connectivity index (χ1v) is 5.78. The zero-order valence-electron chi connectivity index (χ0n) is 10.3. The second-order valence-corrected chi connectivity index (χ2v) is 4.44. The van der Waals surface area contributed by atoms with E-state index in [1.54, 1.807) is 6.07 Å². The van der Waals surface area contributed by atoms with E-state index in [0.717, 1.165) is 4.68 Å². The summed E-state index contributed by atoms with van der Waals surface area (Å²) in [5.41, 5.74) is -1.39. The third-order valence-electron chi connectivity index (χ3n) is 2.58. The molecule has 0 saturated carbocycles. The molecule has 0 aliphatic carbocycles. The molecular weight excluding hydrogens is 273 g/mol. The van der Waals surface area contributed by atoms with E-state index < -0.39 is 17.1 Å². The van der Waals surface area contributed by atoms with Gasteiger partial charge in [-0.15, -0.1) is 0 Å². The Bertz CT molecular complexity index is 736. The summed E-state index contributed by atoms with van der Waals surface area (Å²) in [6, 6.07) is 5.73. The summed E-state index contributed by atoms with van der Waals surface area (Å²) >= 11 is 5.86. The molecule has 2 aromatic rings. The Kier molecular flexibility index (Phi) is 3.44. The van der Waals surface area contributed by atoms with Crippen molar-refractivity contribution >= 4 is 11.6 Å². The van der Waals surface area contributed by atoms with Crippen molar-refractivity contribution < 1.29 is 4.39 Å². The highest BCUT2D eigenvalue weighted by Gasteiger charge is 2.18. The zero-order valence-corrected chi connectivity index (χ0v) is 11.0. The molecule has 5 nitrogen and oxygen atoms in total. The molecule has 0 fully saturated rings. The molecule has 0 amide bonds. The highest BCUT2D eigenvalue weighted by Crippen LogP contribution is 2.23. The van der Waals surface area contributed by atoms with Gasteiger partial charge < -0.3 is 5.01 Å². The fourth-order valence-electron chi connectivity index (χ4n) is 1.76. The molecule has 0 spiro atoms. The van der Waals surface area contributed by atoms with Crippen LogP contribution in [0.3, 0.4) is 0 Å². The third kappa shape index (κ3) is 2.26. The predicted molar refractivity (Wildman–Crippen MR) is 71.8 cm³/mol. The first kappa shape index (κ1) is 13.4. The van der Waals surface area contributed by atoms with Crippen LogP contribution in [0, 0.1) is 5.82 Å². The Balaban J connectivity index is 2.86. The van der Waals surface area contributed by atoms with Crippen molar-refractivity contribution in [1.82, 2.24) is 9.66 Å². The van der Waals surface area contributed by atoms with Gasteiger partial charge in [-0.25, -0.2) is 9.18 Å². The minimum absolute atomic E-state index is 0.0457. The summed E-state index contributed by atoms with van der Waals surface area (Å²) in [6.45, 7) is 0. The van der Waals surface area contributed by atoms with Crippen LogP contribution in [0.1, 0.15) is 0 Å². The number of halogens is 2. The molecule has 100 valence electrons. The maximum atomic E-state index is 13.8. The van der Waals surface area contributed by atoms with Crippen molar-refractivity contribution in [2.75, 3.05) is 19.1 Å². The summed E-state index contributed by atoms with van der Waals surface area (Å²) in [5.74, 6) is -0.584. The summed E-state index contributed by atoms with van der Waals surface area (Å²) in [5, 5.41) is 1.11. The molecule has 0 unspecified atom stereocenters. The molecule has 0 atom stereocenters. The van der Waals surface area contributed by atoms with Crippen LogP contribution in [0.4, 0.5) is 4.39 Å². The lowest BCUT2D eigenvalue weighted by atomic mass is 10.1. The van der Waals surface area contributed by atoms with Crippen molar-refractivity contribution in [2.24, 2.45) is 0 Å². The quantitative estimate of drug-likeness (QED) is 0.843. The Morgan fingerprint density at radius 1 is 1.26 bits per heavy atom. The summed E-state index contributed by atoms with van der Waals surface area (Å²) in [6.07, 6.45) is 0. The van der Waals surface area contributed by atoms with Crippen molar-refractivity contribution in [3.63, 3.8) is 0 Å². The lowest BCUT2D eigenvalue weighted by molar-refractivity contribution is 0.626.